The second-order valence-electron chi connectivity index (χ2n) is 7.30. The Morgan fingerprint density at radius 1 is 0.933 bits per heavy atom. The smallest absolute Gasteiger partial charge is 0.192 e. The number of fused-ring (bicyclic) bond motifs is 1. The highest BCUT2D eigenvalue weighted by Gasteiger charge is 2.07. The standard InChI is InChI=1S/C27H21NO2/c1-19(29)23-13-10-22(11-14-23)16-24-18-28-26-15-12-21(17-25(26)27(24)30)9-5-8-20-6-3-2-4-7-20/h2-4,6-7,10-15,17-18H,8,16H2,1H3,(H,28,30). The molecule has 0 amide bonds. The first-order valence-electron chi connectivity index (χ1n) is 9.87. The Morgan fingerprint density at radius 2 is 1.70 bits per heavy atom. The number of benzene rings is 3. The van der Waals surface area contributed by atoms with E-state index in [-0.39, 0.29) is 11.2 Å². The number of aromatic amines is 1. The summed E-state index contributed by atoms with van der Waals surface area (Å²) in [6, 6.07) is 23.2. The first-order valence-corrected chi connectivity index (χ1v) is 9.87. The lowest BCUT2D eigenvalue weighted by molar-refractivity contribution is 0.101. The molecule has 4 rings (SSSR count). The van der Waals surface area contributed by atoms with Gasteiger partial charge in [-0.2, -0.15) is 0 Å². The molecule has 1 aromatic heterocycles. The molecular formula is C27H21NO2. The van der Waals surface area contributed by atoms with Crippen LogP contribution in [0.15, 0.2) is 83.8 Å². The lowest BCUT2D eigenvalue weighted by Gasteiger charge is -2.05. The summed E-state index contributed by atoms with van der Waals surface area (Å²) >= 11 is 0. The maximum atomic E-state index is 13.0. The predicted molar refractivity (Wildman–Crippen MR) is 121 cm³/mol. The van der Waals surface area contributed by atoms with Crippen molar-refractivity contribution in [2.45, 2.75) is 19.8 Å². The zero-order valence-corrected chi connectivity index (χ0v) is 16.7. The fourth-order valence-electron chi connectivity index (χ4n) is 3.39. The van der Waals surface area contributed by atoms with E-state index in [4.69, 9.17) is 0 Å². The van der Waals surface area contributed by atoms with Gasteiger partial charge in [0.05, 0.1) is 0 Å². The molecule has 0 aliphatic heterocycles. The summed E-state index contributed by atoms with van der Waals surface area (Å²) in [4.78, 5) is 27.7. The molecule has 0 bridgehead atoms. The number of rotatable bonds is 4. The van der Waals surface area contributed by atoms with E-state index in [1.807, 2.05) is 48.5 Å². The van der Waals surface area contributed by atoms with Crippen LogP contribution in [-0.4, -0.2) is 10.8 Å². The van der Waals surface area contributed by atoms with Crippen LogP contribution in [0.25, 0.3) is 10.9 Å². The van der Waals surface area contributed by atoms with Gasteiger partial charge in [-0.25, -0.2) is 0 Å². The lowest BCUT2D eigenvalue weighted by atomic mass is 10.0. The minimum Gasteiger partial charge on any atom is -0.361 e. The van der Waals surface area contributed by atoms with E-state index in [1.54, 1.807) is 25.3 Å². The van der Waals surface area contributed by atoms with Crippen molar-refractivity contribution in [2.75, 3.05) is 0 Å². The highest BCUT2D eigenvalue weighted by molar-refractivity contribution is 5.94. The lowest BCUT2D eigenvalue weighted by Crippen LogP contribution is -2.11. The van der Waals surface area contributed by atoms with Crippen LogP contribution in [0.1, 0.15) is 39.5 Å². The highest BCUT2D eigenvalue weighted by Crippen LogP contribution is 2.14. The minimum absolute atomic E-state index is 0.00565. The average Bonchev–Trinajstić information content (AvgIpc) is 2.77. The van der Waals surface area contributed by atoms with E-state index in [0.29, 0.717) is 29.4 Å². The molecule has 3 nitrogen and oxygen atoms in total. The Bertz CT molecular complexity index is 1320. The number of aromatic nitrogens is 1. The van der Waals surface area contributed by atoms with Gasteiger partial charge in [0.2, 0.25) is 0 Å². The van der Waals surface area contributed by atoms with Gasteiger partial charge in [-0.3, -0.25) is 9.59 Å². The number of ketones is 1. The topological polar surface area (TPSA) is 49.9 Å². The molecule has 0 spiro atoms. The number of hydrogen-bond donors (Lipinski definition) is 1. The number of nitrogens with one attached hydrogen (secondary N) is 1. The summed E-state index contributed by atoms with van der Waals surface area (Å²) < 4.78 is 0. The minimum atomic E-state index is 0.00565. The second kappa shape index (κ2) is 8.63. The average molecular weight is 391 g/mol. The molecule has 3 heteroatoms. The van der Waals surface area contributed by atoms with E-state index in [2.05, 4.69) is 29.0 Å². The summed E-state index contributed by atoms with van der Waals surface area (Å²) in [5.74, 6) is 6.38. The Labute approximate surface area is 175 Å². The Morgan fingerprint density at radius 3 is 2.43 bits per heavy atom. The third-order valence-electron chi connectivity index (χ3n) is 5.08. The summed E-state index contributed by atoms with van der Waals surface area (Å²) in [5, 5.41) is 0.638. The number of carbonyl (C=O) groups is 1. The van der Waals surface area contributed by atoms with Crippen molar-refractivity contribution in [3.63, 3.8) is 0 Å². The van der Waals surface area contributed by atoms with Gasteiger partial charge in [-0.15, -0.1) is 0 Å². The predicted octanol–water partition coefficient (Wildman–Crippen LogP) is 4.92. The third-order valence-corrected chi connectivity index (χ3v) is 5.08. The molecular weight excluding hydrogens is 370 g/mol. The van der Waals surface area contributed by atoms with Crippen molar-refractivity contribution in [3.05, 3.63) is 117 Å². The van der Waals surface area contributed by atoms with Crippen molar-refractivity contribution in [1.29, 1.82) is 0 Å². The Kier molecular flexibility index (Phi) is 5.59. The van der Waals surface area contributed by atoms with Crippen LogP contribution in [-0.2, 0) is 12.8 Å². The van der Waals surface area contributed by atoms with Crippen LogP contribution in [0.3, 0.4) is 0 Å². The normalized spacial score (nSPS) is 10.4. The zero-order chi connectivity index (χ0) is 20.9. The van der Waals surface area contributed by atoms with Gasteiger partial charge < -0.3 is 4.98 Å². The molecule has 1 heterocycles. The number of hydrogen-bond acceptors (Lipinski definition) is 2. The van der Waals surface area contributed by atoms with Crippen molar-refractivity contribution in [1.82, 2.24) is 4.98 Å². The largest absolute Gasteiger partial charge is 0.361 e. The summed E-state index contributed by atoms with van der Waals surface area (Å²) in [6.45, 7) is 1.55. The maximum Gasteiger partial charge on any atom is 0.192 e. The number of Topliss-reactive ketones (excluding diaryl/α,β-unsaturated/α-hetero) is 1. The van der Waals surface area contributed by atoms with Crippen LogP contribution in [0, 0.1) is 11.8 Å². The Hall–Kier alpha value is -3.90. The molecule has 0 atom stereocenters. The first-order chi connectivity index (χ1) is 14.6. The van der Waals surface area contributed by atoms with Crippen LogP contribution in [0.2, 0.25) is 0 Å². The molecule has 0 saturated heterocycles. The van der Waals surface area contributed by atoms with Crippen molar-refractivity contribution in [2.24, 2.45) is 0 Å². The number of H-pyrrole nitrogens is 1. The fourth-order valence-corrected chi connectivity index (χ4v) is 3.39. The van der Waals surface area contributed by atoms with Gasteiger partial charge in [0, 0.05) is 46.6 Å². The van der Waals surface area contributed by atoms with Crippen LogP contribution < -0.4 is 5.43 Å². The van der Waals surface area contributed by atoms with E-state index >= 15 is 0 Å². The molecule has 0 aliphatic rings. The molecule has 0 aliphatic carbocycles. The summed E-state index contributed by atoms with van der Waals surface area (Å²) in [5.41, 5.74) is 5.14. The quantitative estimate of drug-likeness (QED) is 0.397. The van der Waals surface area contributed by atoms with E-state index < -0.39 is 0 Å². The monoisotopic (exact) mass is 391 g/mol. The first kappa shape index (κ1) is 19.4. The Balaban J connectivity index is 1.60. The van der Waals surface area contributed by atoms with Crippen LogP contribution in [0.4, 0.5) is 0 Å². The van der Waals surface area contributed by atoms with Crippen molar-refractivity contribution < 1.29 is 4.79 Å². The molecule has 1 N–H and O–H groups in total. The van der Waals surface area contributed by atoms with Gasteiger partial charge >= 0.3 is 0 Å². The molecule has 4 aromatic rings. The summed E-state index contributed by atoms with van der Waals surface area (Å²) in [7, 11) is 0. The molecule has 30 heavy (non-hydrogen) atoms. The SMILES string of the molecule is CC(=O)c1ccc(Cc2c[nH]c3ccc(C#CCc4ccccc4)cc3c2=O)cc1. The van der Waals surface area contributed by atoms with Gasteiger partial charge in [0.1, 0.15) is 0 Å². The molecule has 146 valence electrons. The molecule has 3 aromatic carbocycles. The zero-order valence-electron chi connectivity index (χ0n) is 16.7. The second-order valence-corrected chi connectivity index (χ2v) is 7.30. The van der Waals surface area contributed by atoms with E-state index in [9.17, 15) is 9.59 Å². The van der Waals surface area contributed by atoms with Gasteiger partial charge in [0.25, 0.3) is 0 Å². The molecule has 0 fully saturated rings. The van der Waals surface area contributed by atoms with Crippen LogP contribution in [0.5, 0.6) is 0 Å². The van der Waals surface area contributed by atoms with E-state index in [0.717, 1.165) is 16.6 Å². The van der Waals surface area contributed by atoms with Gasteiger partial charge in [0.15, 0.2) is 11.2 Å². The van der Waals surface area contributed by atoms with E-state index in [1.165, 1.54) is 5.56 Å². The van der Waals surface area contributed by atoms with Crippen molar-refractivity contribution >= 4 is 16.7 Å². The molecule has 0 saturated carbocycles. The fraction of sp³-hybridized carbons (Fsp3) is 0.111. The maximum absolute atomic E-state index is 13.0. The third kappa shape index (κ3) is 4.39. The van der Waals surface area contributed by atoms with Crippen molar-refractivity contribution in [3.8, 4) is 11.8 Å². The summed E-state index contributed by atoms with van der Waals surface area (Å²) in [6.07, 6.45) is 2.95. The highest BCUT2D eigenvalue weighted by atomic mass is 16.1. The molecule has 0 unspecified atom stereocenters. The number of pyridine rings is 1. The number of carbonyl (C=O) groups excluding carboxylic acids is 1. The molecule has 0 radical (unpaired) electrons. The van der Waals surface area contributed by atoms with Crippen LogP contribution >= 0.6 is 0 Å². The van der Waals surface area contributed by atoms with Gasteiger partial charge in [-0.1, -0.05) is 66.4 Å². The van der Waals surface area contributed by atoms with Gasteiger partial charge in [-0.05, 0) is 36.2 Å².